The first-order valence-electron chi connectivity index (χ1n) is 7.88. The smallest absolute Gasteiger partial charge is 0.330 e. The van der Waals surface area contributed by atoms with E-state index in [9.17, 15) is 9.59 Å². The average Bonchev–Trinajstić information content (AvgIpc) is 2.59. The summed E-state index contributed by atoms with van der Waals surface area (Å²) in [7, 11) is 4.47. The number of methoxy groups -OCH3 is 3. The summed E-state index contributed by atoms with van der Waals surface area (Å²) in [5.41, 5.74) is 0. The van der Waals surface area contributed by atoms with Crippen LogP contribution in [-0.4, -0.2) is 74.4 Å². The molecule has 6 atom stereocenters. The van der Waals surface area contributed by atoms with Gasteiger partial charge in [0, 0.05) is 34.0 Å². The number of carbonyl (C=O) groups excluding carboxylic acids is 2. The van der Waals surface area contributed by atoms with Gasteiger partial charge in [-0.2, -0.15) is 0 Å². The van der Waals surface area contributed by atoms with Crippen molar-refractivity contribution in [1.29, 1.82) is 0 Å². The Hall–Kier alpha value is -0.750. The molecule has 1 aliphatic heterocycles. The number of rotatable bonds is 8. The summed E-state index contributed by atoms with van der Waals surface area (Å²) in [6.07, 6.45) is -0.450. The van der Waals surface area contributed by atoms with Gasteiger partial charge in [-0.05, 0) is 13.8 Å². The SMILES string of the molecule is C/C=C/C(=O)O[C@H]1[C@H](OC)[C@@H](OC)[C@@H](OC)O[C@@H]1CNC(=O)C(C)I. The maximum Gasteiger partial charge on any atom is 0.330 e. The quantitative estimate of drug-likeness (QED) is 0.243. The Bertz CT molecular complexity index is 471. The maximum absolute atomic E-state index is 11.9. The summed E-state index contributed by atoms with van der Waals surface area (Å²) in [5.74, 6) is -0.665. The molecule has 0 aromatic carbocycles. The van der Waals surface area contributed by atoms with E-state index in [2.05, 4.69) is 5.32 Å². The molecular formula is C16H26INO7. The van der Waals surface area contributed by atoms with Gasteiger partial charge in [0.15, 0.2) is 12.4 Å². The molecule has 25 heavy (non-hydrogen) atoms. The van der Waals surface area contributed by atoms with Gasteiger partial charge in [0.05, 0.1) is 3.92 Å². The number of esters is 1. The molecule has 1 amide bonds. The molecule has 1 fully saturated rings. The van der Waals surface area contributed by atoms with Crippen LogP contribution in [0.15, 0.2) is 12.2 Å². The molecular weight excluding hydrogens is 445 g/mol. The Balaban J connectivity index is 3.00. The van der Waals surface area contributed by atoms with E-state index in [0.29, 0.717) is 0 Å². The van der Waals surface area contributed by atoms with Gasteiger partial charge in [0.2, 0.25) is 5.91 Å². The van der Waals surface area contributed by atoms with Gasteiger partial charge in [-0.1, -0.05) is 28.7 Å². The van der Waals surface area contributed by atoms with Crippen molar-refractivity contribution in [3.05, 3.63) is 12.2 Å². The first-order chi connectivity index (χ1) is 11.9. The second-order valence-electron chi connectivity index (χ2n) is 5.44. The van der Waals surface area contributed by atoms with Crippen LogP contribution >= 0.6 is 22.6 Å². The molecule has 1 saturated heterocycles. The van der Waals surface area contributed by atoms with E-state index in [0.717, 1.165) is 0 Å². The van der Waals surface area contributed by atoms with Gasteiger partial charge in [0.1, 0.15) is 18.3 Å². The predicted octanol–water partition coefficient (Wildman–Crippen LogP) is 0.815. The minimum atomic E-state index is -0.769. The van der Waals surface area contributed by atoms with E-state index in [-0.39, 0.29) is 16.4 Å². The minimum absolute atomic E-state index is 0.139. The molecule has 1 aliphatic rings. The molecule has 0 radical (unpaired) electrons. The zero-order chi connectivity index (χ0) is 19.0. The zero-order valence-electron chi connectivity index (χ0n) is 15.1. The molecule has 0 saturated carbocycles. The summed E-state index contributed by atoms with van der Waals surface area (Å²) in [6, 6.07) is 0. The van der Waals surface area contributed by atoms with Crippen LogP contribution in [0.25, 0.3) is 0 Å². The molecule has 0 spiro atoms. The zero-order valence-corrected chi connectivity index (χ0v) is 17.2. The number of hydrogen-bond acceptors (Lipinski definition) is 7. The van der Waals surface area contributed by atoms with Crippen molar-refractivity contribution in [3.8, 4) is 0 Å². The number of halogens is 1. The van der Waals surface area contributed by atoms with Crippen LogP contribution in [0, 0.1) is 0 Å². The lowest BCUT2D eigenvalue weighted by Crippen LogP contribution is -2.62. The normalized spacial score (nSPS) is 30.9. The number of carbonyl (C=O) groups is 2. The average molecular weight is 471 g/mol. The summed E-state index contributed by atoms with van der Waals surface area (Å²) in [5, 5.41) is 2.78. The van der Waals surface area contributed by atoms with Gasteiger partial charge in [-0.15, -0.1) is 0 Å². The molecule has 1 N–H and O–H groups in total. The lowest BCUT2D eigenvalue weighted by Gasteiger charge is -2.44. The molecule has 144 valence electrons. The van der Waals surface area contributed by atoms with Crippen molar-refractivity contribution in [3.63, 3.8) is 0 Å². The van der Waals surface area contributed by atoms with Crippen molar-refractivity contribution in [1.82, 2.24) is 5.32 Å². The molecule has 8 nitrogen and oxygen atoms in total. The van der Waals surface area contributed by atoms with Crippen molar-refractivity contribution in [2.75, 3.05) is 27.9 Å². The molecule has 1 rings (SSSR count). The summed E-state index contributed by atoms with van der Waals surface area (Å²) in [4.78, 5) is 23.8. The van der Waals surface area contributed by atoms with Crippen LogP contribution in [-0.2, 0) is 33.3 Å². The number of alkyl halides is 1. The van der Waals surface area contributed by atoms with Gasteiger partial charge in [-0.3, -0.25) is 4.79 Å². The van der Waals surface area contributed by atoms with E-state index in [4.69, 9.17) is 23.7 Å². The third kappa shape index (κ3) is 6.17. The second-order valence-corrected chi connectivity index (χ2v) is 7.31. The summed E-state index contributed by atoms with van der Waals surface area (Å²) < 4.78 is 27.4. The highest BCUT2D eigenvalue weighted by molar-refractivity contribution is 14.1. The van der Waals surface area contributed by atoms with Gasteiger partial charge in [0.25, 0.3) is 0 Å². The Morgan fingerprint density at radius 1 is 1.16 bits per heavy atom. The lowest BCUT2D eigenvalue weighted by atomic mass is 9.97. The molecule has 9 heteroatoms. The Labute approximate surface area is 161 Å². The standard InChI is InChI=1S/C16H26INO7/c1-6-7-11(19)25-12-10(8-18-15(20)9(2)17)24-16(23-5)14(22-4)13(12)21-3/h6-7,9-10,12-14,16H,8H2,1-5H3,(H,18,20)/b7-6+/t9?,10-,12-,13+,14-,16+/m1/s1. The van der Waals surface area contributed by atoms with Gasteiger partial charge in [-0.25, -0.2) is 4.79 Å². The van der Waals surface area contributed by atoms with Crippen LogP contribution in [0.5, 0.6) is 0 Å². The van der Waals surface area contributed by atoms with E-state index in [1.54, 1.807) is 19.9 Å². The molecule has 0 aromatic rings. The summed E-state index contributed by atoms with van der Waals surface area (Å²) >= 11 is 2.01. The predicted molar refractivity (Wildman–Crippen MR) is 98.4 cm³/mol. The number of hydrogen-bond donors (Lipinski definition) is 1. The fourth-order valence-corrected chi connectivity index (χ4v) is 2.76. The van der Waals surface area contributed by atoms with E-state index < -0.39 is 36.7 Å². The number of amides is 1. The molecule has 1 heterocycles. The molecule has 0 aromatic heterocycles. The van der Waals surface area contributed by atoms with Crippen LogP contribution in [0.1, 0.15) is 13.8 Å². The van der Waals surface area contributed by atoms with Gasteiger partial charge >= 0.3 is 5.97 Å². The Morgan fingerprint density at radius 3 is 2.28 bits per heavy atom. The number of nitrogens with one attached hydrogen (secondary N) is 1. The van der Waals surface area contributed by atoms with Crippen molar-refractivity contribution >= 4 is 34.5 Å². The van der Waals surface area contributed by atoms with E-state index >= 15 is 0 Å². The molecule has 0 aliphatic carbocycles. The Kier molecular flexibility index (Phi) is 9.87. The summed E-state index contributed by atoms with van der Waals surface area (Å²) in [6.45, 7) is 3.64. The highest BCUT2D eigenvalue weighted by atomic mass is 127. The van der Waals surface area contributed by atoms with E-state index in [1.165, 1.54) is 27.4 Å². The van der Waals surface area contributed by atoms with Crippen LogP contribution < -0.4 is 5.32 Å². The third-order valence-electron chi connectivity index (χ3n) is 3.76. The highest BCUT2D eigenvalue weighted by Gasteiger charge is 2.49. The minimum Gasteiger partial charge on any atom is -0.453 e. The molecule has 1 unspecified atom stereocenters. The van der Waals surface area contributed by atoms with Gasteiger partial charge < -0.3 is 29.0 Å². The second kappa shape index (κ2) is 11.1. The maximum atomic E-state index is 11.9. The fraction of sp³-hybridized carbons (Fsp3) is 0.750. The van der Waals surface area contributed by atoms with Crippen molar-refractivity contribution in [2.45, 2.75) is 48.5 Å². The monoisotopic (exact) mass is 471 g/mol. The third-order valence-corrected chi connectivity index (χ3v) is 4.33. The first-order valence-corrected chi connectivity index (χ1v) is 9.13. The van der Waals surface area contributed by atoms with Crippen LogP contribution in [0.4, 0.5) is 0 Å². The Morgan fingerprint density at radius 2 is 1.80 bits per heavy atom. The van der Waals surface area contributed by atoms with E-state index in [1.807, 2.05) is 22.6 Å². The van der Waals surface area contributed by atoms with Crippen molar-refractivity contribution < 1.29 is 33.3 Å². The largest absolute Gasteiger partial charge is 0.453 e. The van der Waals surface area contributed by atoms with Crippen LogP contribution in [0.2, 0.25) is 0 Å². The van der Waals surface area contributed by atoms with Crippen molar-refractivity contribution in [2.24, 2.45) is 0 Å². The number of allylic oxidation sites excluding steroid dienone is 1. The lowest BCUT2D eigenvalue weighted by molar-refractivity contribution is -0.299. The fourth-order valence-electron chi connectivity index (χ4n) is 2.54. The molecule has 0 bridgehead atoms. The first kappa shape index (κ1) is 22.3. The topological polar surface area (TPSA) is 92.3 Å². The number of ether oxygens (including phenoxy) is 5. The highest BCUT2D eigenvalue weighted by Crippen LogP contribution is 2.28. The van der Waals surface area contributed by atoms with Crippen LogP contribution in [0.3, 0.4) is 0 Å².